The van der Waals surface area contributed by atoms with Gasteiger partial charge in [0.2, 0.25) is 23.2 Å². The molecule has 1 amide bonds. The number of fused-ring (bicyclic) bond motifs is 3. The molecule has 8 nitrogen and oxygen atoms in total. The van der Waals surface area contributed by atoms with E-state index in [0.717, 1.165) is 18.6 Å². The van der Waals surface area contributed by atoms with Crippen molar-refractivity contribution in [3.05, 3.63) is 47.0 Å². The fourth-order valence-electron chi connectivity index (χ4n) is 3.68. The Morgan fingerprint density at radius 1 is 1.18 bits per heavy atom. The number of anilines is 1. The molecule has 4 rings (SSSR count). The first kappa shape index (κ1) is 24.1. The van der Waals surface area contributed by atoms with Gasteiger partial charge in [-0.25, -0.2) is 0 Å². The van der Waals surface area contributed by atoms with Gasteiger partial charge in [0, 0.05) is 29.9 Å². The highest BCUT2D eigenvalue weighted by Crippen LogP contribution is 2.46. The number of para-hydroxylation sites is 1. The number of carbonyl (C=O) groups is 1. The van der Waals surface area contributed by atoms with Crippen molar-refractivity contribution in [3.63, 3.8) is 0 Å². The van der Waals surface area contributed by atoms with Crippen LogP contribution in [0.3, 0.4) is 0 Å². The van der Waals surface area contributed by atoms with E-state index in [1.54, 1.807) is 12.1 Å². The fraction of sp³-hybridized carbons (Fsp3) is 0.333. The molecule has 178 valence electrons. The van der Waals surface area contributed by atoms with Crippen molar-refractivity contribution in [2.45, 2.75) is 38.1 Å². The zero-order valence-electron chi connectivity index (χ0n) is 19.4. The van der Waals surface area contributed by atoms with E-state index in [1.807, 2.05) is 24.3 Å². The number of halogens is 1. The highest BCUT2D eigenvalue weighted by Gasteiger charge is 2.36. The minimum atomic E-state index is -0.919. The highest BCUT2D eigenvalue weighted by molar-refractivity contribution is 7.99. The molecule has 10 heteroatoms. The van der Waals surface area contributed by atoms with E-state index in [1.165, 1.54) is 37.8 Å². The molecule has 0 bridgehead atoms. The standard InChI is InChI=1S/C24H25ClN4O4S/c1-5-6-11-34-24-26-22-21(27-28-24)15-9-7-8-10-18(15)29(14(2)30)23(33-22)16-12-19(31-3)20(32-4)13-17(16)25/h7-10,12-13,23H,5-6,11H2,1-4H3. The van der Waals surface area contributed by atoms with Crippen molar-refractivity contribution < 1.29 is 19.0 Å². The lowest BCUT2D eigenvalue weighted by atomic mass is 10.1. The summed E-state index contributed by atoms with van der Waals surface area (Å²) in [4.78, 5) is 19.2. The van der Waals surface area contributed by atoms with Crippen LogP contribution < -0.4 is 19.1 Å². The molecule has 1 aliphatic heterocycles. The fourth-order valence-corrected chi connectivity index (χ4v) is 4.79. The molecule has 2 aromatic carbocycles. The molecular formula is C24H25ClN4O4S. The number of methoxy groups -OCH3 is 2. The van der Waals surface area contributed by atoms with Crippen LogP contribution in [0.5, 0.6) is 17.4 Å². The lowest BCUT2D eigenvalue weighted by Crippen LogP contribution is -2.36. The Morgan fingerprint density at radius 3 is 2.62 bits per heavy atom. The molecule has 1 unspecified atom stereocenters. The van der Waals surface area contributed by atoms with Crippen LogP contribution in [0.15, 0.2) is 41.6 Å². The first-order valence-corrected chi connectivity index (χ1v) is 12.2. The molecule has 1 aromatic heterocycles. The van der Waals surface area contributed by atoms with Crippen LogP contribution in [0.2, 0.25) is 5.02 Å². The van der Waals surface area contributed by atoms with Gasteiger partial charge in [0.1, 0.15) is 0 Å². The molecule has 3 aromatic rings. The van der Waals surface area contributed by atoms with Crippen LogP contribution in [0.25, 0.3) is 11.3 Å². The summed E-state index contributed by atoms with van der Waals surface area (Å²) in [6.07, 6.45) is 1.19. The number of hydrogen-bond acceptors (Lipinski definition) is 8. The van der Waals surface area contributed by atoms with Crippen LogP contribution in [0.4, 0.5) is 5.69 Å². The summed E-state index contributed by atoms with van der Waals surface area (Å²) in [5.74, 6) is 1.85. The average Bonchev–Trinajstić information content (AvgIpc) is 2.98. The summed E-state index contributed by atoms with van der Waals surface area (Å²) >= 11 is 8.17. The number of rotatable bonds is 7. The largest absolute Gasteiger partial charge is 0.493 e. The second-order valence-electron chi connectivity index (χ2n) is 7.56. The summed E-state index contributed by atoms with van der Waals surface area (Å²) in [6.45, 7) is 3.60. The number of benzene rings is 2. The molecule has 0 spiro atoms. The van der Waals surface area contributed by atoms with Gasteiger partial charge in [-0.2, -0.15) is 4.98 Å². The third kappa shape index (κ3) is 4.63. The molecule has 0 saturated carbocycles. The Hall–Kier alpha value is -3.04. The van der Waals surface area contributed by atoms with Crippen LogP contribution >= 0.6 is 23.4 Å². The number of ether oxygens (including phenoxy) is 3. The maximum absolute atomic E-state index is 13.0. The predicted octanol–water partition coefficient (Wildman–Crippen LogP) is 5.55. The van der Waals surface area contributed by atoms with Gasteiger partial charge < -0.3 is 14.2 Å². The lowest BCUT2D eigenvalue weighted by molar-refractivity contribution is -0.118. The molecule has 1 atom stereocenters. The van der Waals surface area contributed by atoms with Crippen LogP contribution in [0, 0.1) is 0 Å². The minimum absolute atomic E-state index is 0.235. The van der Waals surface area contributed by atoms with Crippen molar-refractivity contribution in [2.75, 3.05) is 24.9 Å². The van der Waals surface area contributed by atoms with Gasteiger partial charge in [0.05, 0.1) is 24.9 Å². The minimum Gasteiger partial charge on any atom is -0.493 e. The third-order valence-electron chi connectivity index (χ3n) is 5.35. The molecule has 0 saturated heterocycles. The van der Waals surface area contributed by atoms with E-state index in [0.29, 0.717) is 44.2 Å². The van der Waals surface area contributed by atoms with Gasteiger partial charge >= 0.3 is 0 Å². The second-order valence-corrected chi connectivity index (χ2v) is 9.02. The van der Waals surface area contributed by atoms with E-state index in [-0.39, 0.29) is 11.8 Å². The first-order chi connectivity index (χ1) is 16.5. The SMILES string of the molecule is CCCCSc1nnc2c(n1)OC(c1cc(OC)c(OC)cc1Cl)N(C(C)=O)c1ccccc1-2. The van der Waals surface area contributed by atoms with Crippen molar-refractivity contribution in [1.82, 2.24) is 15.2 Å². The van der Waals surface area contributed by atoms with E-state index >= 15 is 0 Å². The molecule has 0 N–H and O–H groups in total. The summed E-state index contributed by atoms with van der Waals surface area (Å²) in [7, 11) is 3.07. The number of aromatic nitrogens is 3. The number of carbonyl (C=O) groups excluding carboxylic acids is 1. The van der Waals surface area contributed by atoms with E-state index in [9.17, 15) is 4.79 Å². The van der Waals surface area contributed by atoms with Crippen molar-refractivity contribution in [3.8, 4) is 28.6 Å². The Balaban J connectivity index is 1.90. The van der Waals surface area contributed by atoms with Crippen molar-refractivity contribution in [1.29, 1.82) is 0 Å². The summed E-state index contributed by atoms with van der Waals surface area (Å²) in [5, 5.41) is 9.59. The molecular weight excluding hydrogens is 476 g/mol. The normalized spacial score (nSPS) is 14.5. The Kier molecular flexibility index (Phi) is 7.43. The molecule has 0 radical (unpaired) electrons. The summed E-state index contributed by atoms with van der Waals surface area (Å²) in [5.41, 5.74) is 2.29. The zero-order valence-corrected chi connectivity index (χ0v) is 20.9. The first-order valence-electron chi connectivity index (χ1n) is 10.8. The predicted molar refractivity (Wildman–Crippen MR) is 132 cm³/mol. The van der Waals surface area contributed by atoms with Gasteiger partial charge in [-0.3, -0.25) is 9.69 Å². The number of thioether (sulfide) groups is 1. The topological polar surface area (TPSA) is 86.7 Å². The molecule has 2 heterocycles. The molecule has 1 aliphatic rings. The smallest absolute Gasteiger partial charge is 0.247 e. The molecule has 34 heavy (non-hydrogen) atoms. The van der Waals surface area contributed by atoms with Gasteiger partial charge in [-0.15, -0.1) is 10.2 Å². The van der Waals surface area contributed by atoms with Gasteiger partial charge in [0.25, 0.3) is 0 Å². The van der Waals surface area contributed by atoms with Gasteiger partial charge in [0.15, 0.2) is 17.2 Å². The average molecular weight is 501 g/mol. The van der Waals surface area contributed by atoms with Crippen molar-refractivity contribution >= 4 is 35.0 Å². The Labute approximate surface area is 207 Å². The second kappa shape index (κ2) is 10.5. The van der Waals surface area contributed by atoms with Gasteiger partial charge in [-0.05, 0) is 18.6 Å². The van der Waals surface area contributed by atoms with Crippen LogP contribution in [0.1, 0.15) is 38.5 Å². The molecule has 0 aliphatic carbocycles. The summed E-state index contributed by atoms with van der Waals surface area (Å²) in [6, 6.07) is 10.8. The number of nitrogens with zero attached hydrogens (tertiary/aromatic N) is 4. The lowest BCUT2D eigenvalue weighted by Gasteiger charge is -2.30. The van der Waals surface area contributed by atoms with Crippen LogP contribution in [-0.4, -0.2) is 41.1 Å². The van der Waals surface area contributed by atoms with E-state index in [4.69, 9.17) is 25.8 Å². The number of unbranched alkanes of at least 4 members (excludes halogenated alkanes) is 1. The maximum atomic E-state index is 13.0. The van der Waals surface area contributed by atoms with Crippen LogP contribution in [-0.2, 0) is 4.79 Å². The highest BCUT2D eigenvalue weighted by atomic mass is 35.5. The van der Waals surface area contributed by atoms with Crippen molar-refractivity contribution in [2.24, 2.45) is 0 Å². The zero-order chi connectivity index (χ0) is 24.2. The number of hydrogen-bond donors (Lipinski definition) is 0. The third-order valence-corrected chi connectivity index (χ3v) is 6.60. The Bertz CT molecular complexity index is 1210. The van der Waals surface area contributed by atoms with E-state index < -0.39 is 6.23 Å². The molecule has 0 fully saturated rings. The van der Waals surface area contributed by atoms with Gasteiger partial charge in [-0.1, -0.05) is 54.9 Å². The maximum Gasteiger partial charge on any atom is 0.247 e. The Morgan fingerprint density at radius 2 is 1.91 bits per heavy atom. The monoisotopic (exact) mass is 500 g/mol. The summed E-state index contributed by atoms with van der Waals surface area (Å²) < 4.78 is 17.2. The van der Waals surface area contributed by atoms with E-state index in [2.05, 4.69) is 22.1 Å². The quantitative estimate of drug-likeness (QED) is 0.308. The number of amides is 1.